The van der Waals surface area contributed by atoms with Crippen LogP contribution in [-0.4, -0.2) is 26.0 Å². The molecule has 0 aliphatic heterocycles. The Bertz CT molecular complexity index is 625. The molecule has 7 heteroatoms. The van der Waals surface area contributed by atoms with Gasteiger partial charge in [-0.3, -0.25) is 4.79 Å². The van der Waals surface area contributed by atoms with E-state index in [4.69, 9.17) is 0 Å². The van der Waals surface area contributed by atoms with Crippen molar-refractivity contribution in [3.63, 3.8) is 0 Å². The number of anilines is 1. The minimum atomic E-state index is -0.694. The molecule has 1 atom stereocenters. The molecule has 0 saturated heterocycles. The number of carbonyl (C=O) groups is 1. The number of hydrogen-bond acceptors (Lipinski definition) is 4. The van der Waals surface area contributed by atoms with Gasteiger partial charge in [-0.2, -0.15) is 0 Å². The molecule has 0 bridgehead atoms. The Labute approximate surface area is 124 Å². The second-order valence-electron chi connectivity index (χ2n) is 4.52. The predicted octanol–water partition coefficient (Wildman–Crippen LogP) is 2.04. The van der Waals surface area contributed by atoms with Crippen LogP contribution in [0.2, 0.25) is 0 Å². The van der Waals surface area contributed by atoms with Gasteiger partial charge in [-0.15, -0.1) is 5.10 Å². The van der Waals surface area contributed by atoms with E-state index in [9.17, 15) is 9.90 Å². The van der Waals surface area contributed by atoms with Gasteiger partial charge in [0.05, 0.1) is 12.3 Å². The maximum Gasteiger partial charge on any atom is 0.246 e. The minimum Gasteiger partial charge on any atom is -0.387 e. The first-order chi connectivity index (χ1) is 9.45. The zero-order chi connectivity index (χ0) is 14.7. The fraction of sp³-hybridized carbons (Fsp3) is 0.308. The number of carbonyl (C=O) groups excluding carboxylic acids is 1. The summed E-state index contributed by atoms with van der Waals surface area (Å²) in [6.45, 7) is 3.57. The van der Waals surface area contributed by atoms with E-state index < -0.39 is 6.10 Å². The van der Waals surface area contributed by atoms with Gasteiger partial charge in [0, 0.05) is 10.2 Å². The number of nitrogens with zero attached hydrogens (tertiary/aromatic N) is 3. The Balaban J connectivity index is 2.01. The summed E-state index contributed by atoms with van der Waals surface area (Å²) in [6, 6.07) is 5.63. The van der Waals surface area contributed by atoms with Crippen LogP contribution in [0.3, 0.4) is 0 Å². The molecule has 0 saturated carbocycles. The van der Waals surface area contributed by atoms with E-state index in [2.05, 4.69) is 31.6 Å². The van der Waals surface area contributed by atoms with Gasteiger partial charge in [0.1, 0.15) is 12.2 Å². The van der Waals surface area contributed by atoms with Crippen LogP contribution in [0, 0.1) is 6.92 Å². The van der Waals surface area contributed by atoms with Crippen LogP contribution in [-0.2, 0) is 11.3 Å². The highest BCUT2D eigenvalue weighted by Gasteiger charge is 2.10. The van der Waals surface area contributed by atoms with Gasteiger partial charge in [0.25, 0.3) is 0 Å². The highest BCUT2D eigenvalue weighted by Crippen LogP contribution is 2.20. The summed E-state index contributed by atoms with van der Waals surface area (Å²) < 4.78 is 2.36. The number of hydrogen-bond donors (Lipinski definition) is 2. The molecule has 20 heavy (non-hydrogen) atoms. The highest BCUT2D eigenvalue weighted by atomic mass is 79.9. The Hall–Kier alpha value is -1.73. The lowest BCUT2D eigenvalue weighted by atomic mass is 10.2. The number of halogens is 1. The number of amides is 1. The second-order valence-corrected chi connectivity index (χ2v) is 5.44. The smallest absolute Gasteiger partial charge is 0.246 e. The molecule has 2 rings (SSSR count). The van der Waals surface area contributed by atoms with Gasteiger partial charge >= 0.3 is 0 Å². The summed E-state index contributed by atoms with van der Waals surface area (Å²) in [5.74, 6) is -0.197. The average molecular weight is 339 g/mol. The summed E-state index contributed by atoms with van der Waals surface area (Å²) in [4.78, 5) is 11.9. The van der Waals surface area contributed by atoms with Gasteiger partial charge in [-0.1, -0.05) is 21.1 Å². The minimum absolute atomic E-state index is 0.0508. The molecule has 1 amide bonds. The monoisotopic (exact) mass is 338 g/mol. The standard InChI is InChI=1S/C13H15BrN4O2/c1-8-5-10(14)3-4-11(8)15-13(20)7-18-6-12(9(2)19)16-17-18/h3-6,9,19H,7H2,1-2H3,(H,15,20). The molecule has 1 unspecified atom stereocenters. The molecule has 1 aromatic heterocycles. The molecule has 6 nitrogen and oxygen atoms in total. The fourth-order valence-electron chi connectivity index (χ4n) is 1.69. The van der Waals surface area contributed by atoms with Crippen LogP contribution >= 0.6 is 15.9 Å². The predicted molar refractivity (Wildman–Crippen MR) is 78.2 cm³/mol. The molecule has 2 N–H and O–H groups in total. The summed E-state index contributed by atoms with van der Waals surface area (Å²) >= 11 is 3.37. The first-order valence-corrected chi connectivity index (χ1v) is 6.89. The van der Waals surface area contributed by atoms with Crippen LogP contribution in [0.5, 0.6) is 0 Å². The maximum absolute atomic E-state index is 11.9. The van der Waals surface area contributed by atoms with E-state index in [1.807, 2.05) is 25.1 Å². The Morgan fingerprint density at radius 2 is 2.30 bits per heavy atom. The number of aryl methyl sites for hydroxylation is 1. The van der Waals surface area contributed by atoms with Crippen molar-refractivity contribution < 1.29 is 9.90 Å². The number of aliphatic hydroxyl groups excluding tert-OH is 1. The van der Waals surface area contributed by atoms with Crippen molar-refractivity contribution in [2.75, 3.05) is 5.32 Å². The number of nitrogens with one attached hydrogen (secondary N) is 1. The lowest BCUT2D eigenvalue weighted by Gasteiger charge is -2.08. The molecular formula is C13H15BrN4O2. The van der Waals surface area contributed by atoms with Crippen molar-refractivity contribution in [2.24, 2.45) is 0 Å². The molecule has 0 aliphatic rings. The first kappa shape index (κ1) is 14.7. The van der Waals surface area contributed by atoms with Gasteiger partial charge in [0.15, 0.2) is 0 Å². The molecule has 2 aromatic rings. The van der Waals surface area contributed by atoms with Gasteiger partial charge < -0.3 is 10.4 Å². The molecule has 0 spiro atoms. The number of rotatable bonds is 4. The fourth-order valence-corrected chi connectivity index (χ4v) is 2.16. The Morgan fingerprint density at radius 3 is 2.90 bits per heavy atom. The summed E-state index contributed by atoms with van der Waals surface area (Å²) in [5, 5.41) is 19.7. The van der Waals surface area contributed by atoms with Crippen molar-refractivity contribution in [1.82, 2.24) is 15.0 Å². The number of aromatic nitrogens is 3. The molecule has 0 fully saturated rings. The third-order valence-electron chi connectivity index (χ3n) is 2.75. The van der Waals surface area contributed by atoms with E-state index in [0.717, 1.165) is 15.7 Å². The normalized spacial score (nSPS) is 12.2. The van der Waals surface area contributed by atoms with Crippen LogP contribution in [0.1, 0.15) is 24.3 Å². The van der Waals surface area contributed by atoms with Gasteiger partial charge in [-0.05, 0) is 37.6 Å². The van der Waals surface area contributed by atoms with Crippen LogP contribution in [0.15, 0.2) is 28.9 Å². The van der Waals surface area contributed by atoms with Crippen molar-refractivity contribution in [2.45, 2.75) is 26.5 Å². The second kappa shape index (κ2) is 6.15. The highest BCUT2D eigenvalue weighted by molar-refractivity contribution is 9.10. The number of benzene rings is 1. The quantitative estimate of drug-likeness (QED) is 0.893. The first-order valence-electron chi connectivity index (χ1n) is 6.10. The molecular weight excluding hydrogens is 324 g/mol. The SMILES string of the molecule is Cc1cc(Br)ccc1NC(=O)Cn1cc(C(C)O)nn1. The molecule has 1 heterocycles. The third-order valence-corrected chi connectivity index (χ3v) is 3.25. The molecule has 0 radical (unpaired) electrons. The van der Waals surface area contributed by atoms with E-state index in [-0.39, 0.29) is 12.5 Å². The van der Waals surface area contributed by atoms with Gasteiger partial charge in [-0.25, -0.2) is 4.68 Å². The van der Waals surface area contributed by atoms with Crippen molar-refractivity contribution >= 4 is 27.5 Å². The van der Waals surface area contributed by atoms with E-state index >= 15 is 0 Å². The lowest BCUT2D eigenvalue weighted by Crippen LogP contribution is -2.19. The largest absolute Gasteiger partial charge is 0.387 e. The number of aliphatic hydroxyl groups is 1. The summed E-state index contributed by atoms with van der Waals surface area (Å²) in [7, 11) is 0. The van der Waals surface area contributed by atoms with Crippen LogP contribution in [0.4, 0.5) is 5.69 Å². The molecule has 1 aromatic carbocycles. The lowest BCUT2D eigenvalue weighted by molar-refractivity contribution is -0.116. The van der Waals surface area contributed by atoms with E-state index in [1.165, 1.54) is 4.68 Å². The van der Waals surface area contributed by atoms with Crippen LogP contribution in [0.25, 0.3) is 0 Å². The zero-order valence-electron chi connectivity index (χ0n) is 11.2. The summed E-state index contributed by atoms with van der Waals surface area (Å²) in [6.07, 6.45) is 0.860. The van der Waals surface area contributed by atoms with Crippen molar-refractivity contribution in [3.8, 4) is 0 Å². The molecule has 0 aliphatic carbocycles. The summed E-state index contributed by atoms with van der Waals surface area (Å²) in [5.41, 5.74) is 2.17. The average Bonchev–Trinajstić information content (AvgIpc) is 2.81. The van der Waals surface area contributed by atoms with Crippen LogP contribution < -0.4 is 5.32 Å². The topological polar surface area (TPSA) is 80.0 Å². The molecule has 106 valence electrons. The zero-order valence-corrected chi connectivity index (χ0v) is 12.8. The van der Waals surface area contributed by atoms with E-state index in [1.54, 1.807) is 13.1 Å². The van der Waals surface area contributed by atoms with Crippen molar-refractivity contribution in [1.29, 1.82) is 0 Å². The third kappa shape index (κ3) is 3.64. The Kier molecular flexibility index (Phi) is 4.51. The Morgan fingerprint density at radius 1 is 1.55 bits per heavy atom. The maximum atomic E-state index is 11.9. The van der Waals surface area contributed by atoms with E-state index in [0.29, 0.717) is 5.69 Å². The van der Waals surface area contributed by atoms with Crippen molar-refractivity contribution in [3.05, 3.63) is 40.1 Å². The van der Waals surface area contributed by atoms with Gasteiger partial charge in [0.2, 0.25) is 5.91 Å².